The first kappa shape index (κ1) is 24.0. The molecule has 1 rings (SSSR count). The van der Waals surface area contributed by atoms with E-state index in [-0.39, 0.29) is 35.6 Å². The van der Waals surface area contributed by atoms with Crippen LogP contribution in [-0.2, 0) is 19.1 Å². The molecule has 0 aromatic rings. The predicted molar refractivity (Wildman–Crippen MR) is 108 cm³/mol. The van der Waals surface area contributed by atoms with Crippen molar-refractivity contribution in [1.82, 2.24) is 21.0 Å². The molecule has 1 aliphatic heterocycles. The van der Waals surface area contributed by atoms with Crippen molar-refractivity contribution in [2.75, 3.05) is 46.4 Å². The molecule has 0 radical (unpaired) electrons. The smallest absolute Gasteiger partial charge is 0.248 e. The maximum atomic E-state index is 12.2. The lowest BCUT2D eigenvalue weighted by Gasteiger charge is -2.29. The van der Waals surface area contributed by atoms with Crippen LogP contribution in [0.3, 0.4) is 0 Å². The Hall–Kier alpha value is -2.00. The van der Waals surface area contributed by atoms with Crippen molar-refractivity contribution < 1.29 is 19.1 Å². The number of nitrogens with zero attached hydrogens (tertiary/aromatic N) is 2. The van der Waals surface area contributed by atoms with Gasteiger partial charge in [-0.15, -0.1) is 0 Å². The van der Waals surface area contributed by atoms with Crippen LogP contribution in [0.25, 0.3) is 0 Å². The number of rotatable bonds is 14. The minimum Gasteiger partial charge on any atom is -0.380 e. The first-order valence-electron chi connectivity index (χ1n) is 9.61. The fourth-order valence-corrected chi connectivity index (χ4v) is 2.61. The summed E-state index contributed by atoms with van der Waals surface area (Å²) in [6.45, 7) is 10.6. The molecule has 0 saturated carbocycles. The second-order valence-corrected chi connectivity index (χ2v) is 8.74. The molecule has 0 saturated heterocycles. The number of hydrazone groups is 1. The van der Waals surface area contributed by atoms with E-state index in [1.165, 1.54) is 5.01 Å². The van der Waals surface area contributed by atoms with E-state index in [0.29, 0.717) is 39.1 Å². The van der Waals surface area contributed by atoms with Crippen molar-refractivity contribution in [3.05, 3.63) is 0 Å². The normalized spacial score (nSPS) is 14.8. The minimum absolute atomic E-state index is 0.0663. The molecule has 0 spiro atoms. The SMILES string of the molecule is CNCCC1=NN(CC(=O)NCC(C)(C)COCC(C)(C)CNC=O)C(=O)C1. The summed E-state index contributed by atoms with van der Waals surface area (Å²) in [5, 5.41) is 14.0. The molecule has 28 heavy (non-hydrogen) atoms. The molecule has 1 heterocycles. The Morgan fingerprint density at radius 1 is 1.21 bits per heavy atom. The van der Waals surface area contributed by atoms with Crippen molar-refractivity contribution in [1.29, 1.82) is 0 Å². The van der Waals surface area contributed by atoms with E-state index in [1.54, 1.807) is 0 Å². The maximum Gasteiger partial charge on any atom is 0.248 e. The van der Waals surface area contributed by atoms with Crippen molar-refractivity contribution in [2.24, 2.45) is 15.9 Å². The molecule has 0 atom stereocenters. The predicted octanol–water partition coefficient (Wildman–Crippen LogP) is 0.115. The van der Waals surface area contributed by atoms with Gasteiger partial charge in [-0.2, -0.15) is 5.10 Å². The number of ether oxygens (including phenoxy) is 1. The monoisotopic (exact) mass is 397 g/mol. The molecule has 0 aromatic carbocycles. The van der Waals surface area contributed by atoms with Crippen LogP contribution in [0.1, 0.15) is 40.5 Å². The second kappa shape index (κ2) is 11.1. The van der Waals surface area contributed by atoms with Gasteiger partial charge in [-0.25, -0.2) is 5.01 Å². The van der Waals surface area contributed by atoms with Crippen molar-refractivity contribution in [2.45, 2.75) is 40.5 Å². The Labute approximate surface area is 167 Å². The van der Waals surface area contributed by atoms with Crippen LogP contribution < -0.4 is 16.0 Å². The molecule has 0 unspecified atom stereocenters. The lowest BCUT2D eigenvalue weighted by Crippen LogP contribution is -2.42. The van der Waals surface area contributed by atoms with Crippen LogP contribution >= 0.6 is 0 Å². The zero-order valence-electron chi connectivity index (χ0n) is 17.8. The molecular weight excluding hydrogens is 362 g/mol. The van der Waals surface area contributed by atoms with Gasteiger partial charge in [0, 0.05) is 42.6 Å². The summed E-state index contributed by atoms with van der Waals surface area (Å²) in [5.41, 5.74) is 0.368. The van der Waals surface area contributed by atoms with E-state index in [0.717, 1.165) is 12.3 Å². The molecule has 0 fully saturated rings. The van der Waals surface area contributed by atoms with E-state index >= 15 is 0 Å². The Morgan fingerprint density at radius 2 is 1.86 bits per heavy atom. The van der Waals surface area contributed by atoms with Gasteiger partial charge in [-0.05, 0) is 7.05 Å². The van der Waals surface area contributed by atoms with Crippen molar-refractivity contribution in [3.8, 4) is 0 Å². The van der Waals surface area contributed by atoms with Gasteiger partial charge in [0.1, 0.15) is 6.54 Å². The van der Waals surface area contributed by atoms with Gasteiger partial charge in [0.25, 0.3) is 0 Å². The highest BCUT2D eigenvalue weighted by molar-refractivity contribution is 6.05. The van der Waals surface area contributed by atoms with Crippen LogP contribution in [0.2, 0.25) is 0 Å². The summed E-state index contributed by atoms with van der Waals surface area (Å²) >= 11 is 0. The molecule has 3 amide bonds. The van der Waals surface area contributed by atoms with Crippen LogP contribution in [0.5, 0.6) is 0 Å². The fourth-order valence-electron chi connectivity index (χ4n) is 2.61. The van der Waals surface area contributed by atoms with Crippen LogP contribution in [0, 0.1) is 10.8 Å². The summed E-state index contributed by atoms with van der Waals surface area (Å²) in [5.74, 6) is -0.384. The molecule has 0 bridgehead atoms. The number of hydrogen-bond acceptors (Lipinski definition) is 6. The minimum atomic E-state index is -0.264. The molecule has 9 heteroatoms. The fraction of sp³-hybridized carbons (Fsp3) is 0.789. The third-order valence-corrected chi connectivity index (χ3v) is 4.28. The van der Waals surface area contributed by atoms with Gasteiger partial charge >= 0.3 is 0 Å². The second-order valence-electron chi connectivity index (χ2n) is 8.74. The van der Waals surface area contributed by atoms with Gasteiger partial charge in [0.05, 0.1) is 19.6 Å². The van der Waals surface area contributed by atoms with E-state index in [4.69, 9.17) is 4.74 Å². The zero-order valence-corrected chi connectivity index (χ0v) is 17.8. The third kappa shape index (κ3) is 9.27. The topological polar surface area (TPSA) is 112 Å². The van der Waals surface area contributed by atoms with Gasteiger partial charge in [0.2, 0.25) is 18.2 Å². The van der Waals surface area contributed by atoms with Gasteiger partial charge in [-0.3, -0.25) is 14.4 Å². The Bertz CT molecular complexity index is 575. The zero-order chi connectivity index (χ0) is 21.2. The first-order chi connectivity index (χ1) is 13.1. The van der Waals surface area contributed by atoms with Crippen LogP contribution in [0.4, 0.5) is 0 Å². The van der Waals surface area contributed by atoms with Crippen molar-refractivity contribution in [3.63, 3.8) is 0 Å². The first-order valence-corrected chi connectivity index (χ1v) is 9.61. The standard InChI is InChI=1S/C19H35N5O4/c1-18(2,10-21-14-25)12-28-13-19(3,4)11-22-16(26)9-24-17(27)8-15(23-24)6-7-20-5/h14,20H,6-13H2,1-5H3,(H,21,25)(H,22,26). The highest BCUT2D eigenvalue weighted by Gasteiger charge is 2.27. The molecule has 0 aliphatic carbocycles. The molecular formula is C19H35N5O4. The highest BCUT2D eigenvalue weighted by Crippen LogP contribution is 2.19. The Kier molecular flexibility index (Phi) is 9.54. The quantitative estimate of drug-likeness (QED) is 0.360. The average molecular weight is 398 g/mol. The van der Waals surface area contributed by atoms with Crippen molar-refractivity contribution >= 4 is 23.9 Å². The van der Waals surface area contributed by atoms with E-state index < -0.39 is 0 Å². The number of carbonyl (C=O) groups is 3. The molecule has 3 N–H and O–H groups in total. The van der Waals surface area contributed by atoms with Gasteiger partial charge in [0.15, 0.2) is 0 Å². The molecule has 160 valence electrons. The van der Waals surface area contributed by atoms with E-state index in [1.807, 2.05) is 34.7 Å². The summed E-state index contributed by atoms with van der Waals surface area (Å²) in [6.07, 6.45) is 1.66. The van der Waals surface area contributed by atoms with Gasteiger partial charge < -0.3 is 20.7 Å². The number of hydrogen-bond donors (Lipinski definition) is 3. The lowest BCUT2D eigenvalue weighted by molar-refractivity contribution is -0.134. The summed E-state index contributed by atoms with van der Waals surface area (Å²) in [4.78, 5) is 34.6. The number of amides is 3. The van der Waals surface area contributed by atoms with Crippen LogP contribution in [0.15, 0.2) is 5.10 Å². The van der Waals surface area contributed by atoms with Crippen LogP contribution in [-0.4, -0.2) is 75.4 Å². The lowest BCUT2D eigenvalue weighted by atomic mass is 9.93. The highest BCUT2D eigenvalue weighted by atomic mass is 16.5. The van der Waals surface area contributed by atoms with E-state index in [2.05, 4.69) is 21.1 Å². The Balaban J connectivity index is 2.35. The summed E-state index contributed by atoms with van der Waals surface area (Å²) in [6, 6.07) is 0. The Morgan fingerprint density at radius 3 is 2.46 bits per heavy atom. The van der Waals surface area contributed by atoms with Gasteiger partial charge in [-0.1, -0.05) is 27.7 Å². The molecule has 0 aromatic heterocycles. The molecule has 9 nitrogen and oxygen atoms in total. The molecule has 1 aliphatic rings. The average Bonchev–Trinajstić information content (AvgIpc) is 2.95. The van der Waals surface area contributed by atoms with E-state index in [9.17, 15) is 14.4 Å². The number of nitrogens with one attached hydrogen (secondary N) is 3. The summed E-state index contributed by atoms with van der Waals surface area (Å²) in [7, 11) is 1.84. The maximum absolute atomic E-state index is 12.2. The third-order valence-electron chi connectivity index (χ3n) is 4.28. The summed E-state index contributed by atoms with van der Waals surface area (Å²) < 4.78 is 5.80. The number of carbonyl (C=O) groups excluding carboxylic acids is 3. The largest absolute Gasteiger partial charge is 0.380 e.